The van der Waals surface area contributed by atoms with Crippen molar-refractivity contribution in [1.29, 1.82) is 0 Å². The molecule has 3 aliphatic heterocycles. The van der Waals surface area contributed by atoms with Crippen molar-refractivity contribution in [2.24, 2.45) is 10.2 Å². The first-order chi connectivity index (χ1) is 16.5. The SMILES string of the molecule is CCC1(c2cccc(-c3ccncc3F)c2)C2=C(CC(C)(C)NC2=O)NC2N=NC(C(F)(F)F)=C21. The molecule has 2 aromatic rings. The average Bonchev–Trinajstić information content (AvgIpc) is 3.22. The highest BCUT2D eigenvalue weighted by Crippen LogP contribution is 2.55. The third-order valence-corrected chi connectivity index (χ3v) is 6.84. The molecule has 1 aromatic heterocycles. The molecule has 10 heteroatoms. The van der Waals surface area contributed by atoms with Crippen LogP contribution in [0.2, 0.25) is 0 Å². The lowest BCUT2D eigenvalue weighted by molar-refractivity contribution is -0.120. The molecule has 0 bridgehead atoms. The Kier molecular flexibility index (Phi) is 5.12. The number of azo groups is 1. The Morgan fingerprint density at radius 2 is 1.97 bits per heavy atom. The number of nitrogens with zero attached hydrogens (tertiary/aromatic N) is 3. The van der Waals surface area contributed by atoms with Crippen molar-refractivity contribution in [3.8, 4) is 11.1 Å². The van der Waals surface area contributed by atoms with Gasteiger partial charge >= 0.3 is 6.18 Å². The van der Waals surface area contributed by atoms with E-state index in [1.54, 1.807) is 31.2 Å². The lowest BCUT2D eigenvalue weighted by Crippen LogP contribution is -2.58. The van der Waals surface area contributed by atoms with E-state index >= 15 is 0 Å². The van der Waals surface area contributed by atoms with Crippen LogP contribution in [0.15, 0.2) is 75.5 Å². The van der Waals surface area contributed by atoms with Crippen LogP contribution in [0, 0.1) is 5.82 Å². The van der Waals surface area contributed by atoms with Crippen molar-refractivity contribution < 1.29 is 22.4 Å². The minimum Gasteiger partial charge on any atom is -0.362 e. The number of allylic oxidation sites excluding steroid dienone is 1. The Morgan fingerprint density at radius 1 is 1.20 bits per heavy atom. The van der Waals surface area contributed by atoms with Gasteiger partial charge in [0.15, 0.2) is 11.9 Å². The van der Waals surface area contributed by atoms with Crippen LogP contribution in [0.5, 0.6) is 0 Å². The molecule has 2 N–H and O–H groups in total. The number of carbonyl (C=O) groups is 1. The van der Waals surface area contributed by atoms with Crippen LogP contribution in [0.3, 0.4) is 0 Å². The molecule has 0 radical (unpaired) electrons. The number of pyridine rings is 1. The van der Waals surface area contributed by atoms with E-state index in [1.165, 1.54) is 12.3 Å². The summed E-state index contributed by atoms with van der Waals surface area (Å²) in [5.41, 5.74) is -1.39. The molecule has 5 rings (SSSR count). The molecule has 0 spiro atoms. The Labute approximate surface area is 199 Å². The maximum absolute atomic E-state index is 14.5. The second kappa shape index (κ2) is 7.73. The Morgan fingerprint density at radius 3 is 2.66 bits per heavy atom. The number of alkyl halides is 3. The van der Waals surface area contributed by atoms with Gasteiger partial charge in [-0.1, -0.05) is 25.1 Å². The first kappa shape index (κ1) is 23.2. The van der Waals surface area contributed by atoms with Crippen LogP contribution in [-0.2, 0) is 10.2 Å². The molecule has 182 valence electrons. The van der Waals surface area contributed by atoms with E-state index in [0.717, 1.165) is 6.20 Å². The van der Waals surface area contributed by atoms with Gasteiger partial charge in [-0.3, -0.25) is 9.78 Å². The van der Waals surface area contributed by atoms with Crippen molar-refractivity contribution in [1.82, 2.24) is 15.6 Å². The summed E-state index contributed by atoms with van der Waals surface area (Å²) in [5, 5.41) is 13.4. The van der Waals surface area contributed by atoms with Crippen molar-refractivity contribution in [2.75, 3.05) is 0 Å². The highest BCUT2D eigenvalue weighted by molar-refractivity contribution is 6.00. The van der Waals surface area contributed by atoms with E-state index < -0.39 is 40.7 Å². The van der Waals surface area contributed by atoms with Crippen LogP contribution < -0.4 is 10.6 Å². The van der Waals surface area contributed by atoms with Crippen LogP contribution >= 0.6 is 0 Å². The standard InChI is InChI=1S/C25H23F4N5O/c1-4-24(14-7-5-6-13(10-14)15-8-9-30-12-16(15)26)18-17(11-23(2,3)32-22(18)35)31-21-19(24)20(33-34-21)25(27,28)29/h5-10,12,21,31H,4,11H2,1-3H3,(H,32,35). The number of nitrogens with one attached hydrogen (secondary N) is 2. The van der Waals surface area contributed by atoms with Gasteiger partial charge in [-0.05, 0) is 43.5 Å². The second-order valence-electron chi connectivity index (χ2n) is 9.59. The van der Waals surface area contributed by atoms with E-state index in [9.17, 15) is 22.4 Å². The first-order valence-electron chi connectivity index (χ1n) is 11.2. The summed E-state index contributed by atoms with van der Waals surface area (Å²) >= 11 is 0. The summed E-state index contributed by atoms with van der Waals surface area (Å²) in [5.74, 6) is -1.01. The number of carbonyl (C=O) groups excluding carboxylic acids is 1. The van der Waals surface area contributed by atoms with Gasteiger partial charge in [0.25, 0.3) is 5.91 Å². The fourth-order valence-corrected chi connectivity index (χ4v) is 5.49. The highest BCUT2D eigenvalue weighted by Gasteiger charge is 2.57. The van der Waals surface area contributed by atoms with Gasteiger partial charge in [0, 0.05) is 35.0 Å². The molecular formula is C25H23F4N5O. The first-order valence-corrected chi connectivity index (χ1v) is 11.2. The van der Waals surface area contributed by atoms with Gasteiger partial charge in [0.1, 0.15) is 5.82 Å². The number of halogens is 4. The molecule has 0 fully saturated rings. The van der Waals surface area contributed by atoms with Crippen molar-refractivity contribution in [2.45, 2.75) is 56.9 Å². The maximum Gasteiger partial charge on any atom is 0.435 e. The summed E-state index contributed by atoms with van der Waals surface area (Å²) in [6.45, 7) is 5.43. The van der Waals surface area contributed by atoms with Crippen LogP contribution in [-0.4, -0.2) is 28.8 Å². The molecule has 2 unspecified atom stereocenters. The predicted octanol–water partition coefficient (Wildman–Crippen LogP) is 5.30. The molecule has 0 saturated heterocycles. The number of aromatic nitrogens is 1. The largest absolute Gasteiger partial charge is 0.435 e. The van der Waals surface area contributed by atoms with E-state index in [-0.39, 0.29) is 23.1 Å². The van der Waals surface area contributed by atoms with E-state index in [0.29, 0.717) is 23.2 Å². The fourth-order valence-electron chi connectivity index (χ4n) is 5.49. The molecule has 0 saturated carbocycles. The minimum absolute atomic E-state index is 0.117. The maximum atomic E-state index is 14.5. The third-order valence-electron chi connectivity index (χ3n) is 6.84. The van der Waals surface area contributed by atoms with E-state index in [2.05, 4.69) is 25.8 Å². The van der Waals surface area contributed by atoms with Gasteiger partial charge < -0.3 is 10.6 Å². The molecule has 4 heterocycles. The number of rotatable bonds is 3. The molecule has 1 aromatic carbocycles. The number of amides is 1. The summed E-state index contributed by atoms with van der Waals surface area (Å²) in [7, 11) is 0. The lowest BCUT2D eigenvalue weighted by Gasteiger charge is -2.48. The van der Waals surface area contributed by atoms with Crippen LogP contribution in [0.4, 0.5) is 17.6 Å². The average molecular weight is 485 g/mol. The van der Waals surface area contributed by atoms with Gasteiger partial charge in [0.05, 0.1) is 17.2 Å². The fraction of sp³-hybridized carbons (Fsp3) is 0.360. The van der Waals surface area contributed by atoms with Crippen molar-refractivity contribution in [3.05, 3.63) is 76.6 Å². The summed E-state index contributed by atoms with van der Waals surface area (Å²) in [6, 6.07) is 8.14. The van der Waals surface area contributed by atoms with Gasteiger partial charge in [-0.25, -0.2) is 4.39 Å². The zero-order valence-electron chi connectivity index (χ0n) is 19.3. The van der Waals surface area contributed by atoms with E-state index in [1.807, 2.05) is 13.8 Å². The molecule has 35 heavy (non-hydrogen) atoms. The Bertz CT molecular complexity index is 1330. The topological polar surface area (TPSA) is 78.7 Å². The predicted molar refractivity (Wildman–Crippen MR) is 120 cm³/mol. The quantitative estimate of drug-likeness (QED) is 0.579. The highest BCUT2D eigenvalue weighted by atomic mass is 19.4. The molecule has 2 atom stereocenters. The molecule has 3 aliphatic rings. The van der Waals surface area contributed by atoms with Gasteiger partial charge in [-0.2, -0.15) is 18.3 Å². The van der Waals surface area contributed by atoms with Gasteiger partial charge in [-0.15, -0.1) is 5.11 Å². The number of fused-ring (bicyclic) bond motifs is 1. The molecular weight excluding hydrogens is 462 g/mol. The second-order valence-corrected chi connectivity index (χ2v) is 9.59. The molecule has 0 aliphatic carbocycles. The monoisotopic (exact) mass is 485 g/mol. The van der Waals surface area contributed by atoms with Crippen LogP contribution in [0.1, 0.15) is 39.2 Å². The van der Waals surface area contributed by atoms with Crippen LogP contribution in [0.25, 0.3) is 11.1 Å². The lowest BCUT2D eigenvalue weighted by atomic mass is 9.61. The summed E-state index contributed by atoms with van der Waals surface area (Å²) in [6.07, 6.45) is -2.79. The van der Waals surface area contributed by atoms with E-state index in [4.69, 9.17) is 0 Å². The summed E-state index contributed by atoms with van der Waals surface area (Å²) in [4.78, 5) is 17.3. The van der Waals surface area contributed by atoms with Crippen molar-refractivity contribution >= 4 is 5.91 Å². The number of hydrogen-bond donors (Lipinski definition) is 2. The van der Waals surface area contributed by atoms with Crippen molar-refractivity contribution in [3.63, 3.8) is 0 Å². The smallest absolute Gasteiger partial charge is 0.362 e. The Hall–Kier alpha value is -3.56. The molecule has 6 nitrogen and oxygen atoms in total. The number of hydrogen-bond acceptors (Lipinski definition) is 5. The summed E-state index contributed by atoms with van der Waals surface area (Å²) < 4.78 is 57.0. The normalized spacial score (nSPS) is 25.2. The minimum atomic E-state index is -4.77. The third kappa shape index (κ3) is 3.54. The zero-order chi connectivity index (χ0) is 25.2. The molecule has 1 amide bonds. The Balaban J connectivity index is 1.83. The number of benzene rings is 1. The zero-order valence-corrected chi connectivity index (χ0v) is 19.3. The van der Waals surface area contributed by atoms with Gasteiger partial charge in [0.2, 0.25) is 0 Å².